The molecule has 1 atom stereocenters. The number of benzene rings is 1. The molecule has 0 aliphatic heterocycles. The molecule has 3 rings (SSSR count). The van der Waals surface area contributed by atoms with Crippen molar-refractivity contribution in [1.29, 1.82) is 0 Å². The molecule has 0 unspecified atom stereocenters. The van der Waals surface area contributed by atoms with Crippen LogP contribution in [-0.4, -0.2) is 4.98 Å². The Balaban J connectivity index is 1.74. The monoisotopic (exact) mass is 282 g/mol. The van der Waals surface area contributed by atoms with Crippen LogP contribution in [0.4, 0.5) is 0 Å². The Kier molecular flexibility index (Phi) is 4.20. The summed E-state index contributed by atoms with van der Waals surface area (Å²) in [6.45, 7) is 2.06. The number of hydrogen-bond acceptors (Lipinski definition) is 3. The van der Waals surface area contributed by atoms with Gasteiger partial charge >= 0.3 is 0 Å². The van der Waals surface area contributed by atoms with Gasteiger partial charge in [0, 0.05) is 6.04 Å². The number of nitrogens with zero attached hydrogens (tertiary/aromatic N) is 1. The average Bonchev–Trinajstić information content (AvgIpc) is 2.55. The van der Waals surface area contributed by atoms with Gasteiger partial charge in [0.2, 0.25) is 0 Å². The van der Waals surface area contributed by atoms with Crippen molar-refractivity contribution in [3.8, 4) is 11.5 Å². The first-order valence-electron chi connectivity index (χ1n) is 7.77. The predicted octanol–water partition coefficient (Wildman–Crippen LogP) is 4.16. The van der Waals surface area contributed by atoms with E-state index < -0.39 is 0 Å². The third kappa shape index (κ3) is 3.24. The standard InChI is InChI=1S/C18H22N2O/c1-2-17(19)18-10-9-16(12-20-18)21-15-8-7-13-5-3-4-6-14(13)11-15/h7-12,17H,2-6,19H2,1H3/t17-/m1/s1. The summed E-state index contributed by atoms with van der Waals surface area (Å²) in [5.74, 6) is 1.66. The van der Waals surface area contributed by atoms with Gasteiger partial charge in [-0.15, -0.1) is 0 Å². The fraction of sp³-hybridized carbons (Fsp3) is 0.389. The van der Waals surface area contributed by atoms with Crippen molar-refractivity contribution >= 4 is 0 Å². The second kappa shape index (κ2) is 6.27. The van der Waals surface area contributed by atoms with E-state index in [1.165, 1.54) is 30.4 Å². The first-order valence-corrected chi connectivity index (χ1v) is 7.77. The minimum atomic E-state index is 0.00259. The largest absolute Gasteiger partial charge is 0.456 e. The maximum absolute atomic E-state index is 5.97. The maximum atomic E-state index is 5.97. The summed E-state index contributed by atoms with van der Waals surface area (Å²) in [5.41, 5.74) is 9.78. The Morgan fingerprint density at radius 1 is 1.10 bits per heavy atom. The van der Waals surface area contributed by atoms with E-state index in [2.05, 4.69) is 30.1 Å². The number of nitrogens with two attached hydrogens (primary N) is 1. The van der Waals surface area contributed by atoms with Gasteiger partial charge in [0.1, 0.15) is 11.5 Å². The van der Waals surface area contributed by atoms with E-state index in [1.54, 1.807) is 6.20 Å². The number of pyridine rings is 1. The van der Waals surface area contributed by atoms with E-state index in [9.17, 15) is 0 Å². The molecular weight excluding hydrogens is 260 g/mol. The molecule has 2 aromatic rings. The Hall–Kier alpha value is -1.87. The van der Waals surface area contributed by atoms with Gasteiger partial charge in [0.05, 0.1) is 11.9 Å². The second-order valence-corrected chi connectivity index (χ2v) is 5.67. The van der Waals surface area contributed by atoms with Gasteiger partial charge in [-0.05, 0) is 67.5 Å². The molecule has 2 N–H and O–H groups in total. The molecule has 0 fully saturated rings. The van der Waals surface area contributed by atoms with Gasteiger partial charge < -0.3 is 10.5 Å². The quantitative estimate of drug-likeness (QED) is 0.916. The minimum Gasteiger partial charge on any atom is -0.456 e. The number of aromatic nitrogens is 1. The predicted molar refractivity (Wildman–Crippen MR) is 84.6 cm³/mol. The first kappa shape index (κ1) is 14.1. The Morgan fingerprint density at radius 2 is 1.86 bits per heavy atom. The summed E-state index contributed by atoms with van der Waals surface area (Å²) in [6, 6.07) is 10.3. The molecule has 0 spiro atoms. The third-order valence-electron chi connectivity index (χ3n) is 4.13. The third-order valence-corrected chi connectivity index (χ3v) is 4.13. The lowest BCUT2D eigenvalue weighted by atomic mass is 9.92. The molecule has 0 amide bonds. The van der Waals surface area contributed by atoms with Crippen molar-refractivity contribution in [2.45, 2.75) is 45.1 Å². The van der Waals surface area contributed by atoms with Crippen molar-refractivity contribution < 1.29 is 4.74 Å². The van der Waals surface area contributed by atoms with Crippen molar-refractivity contribution in [2.24, 2.45) is 5.73 Å². The lowest BCUT2D eigenvalue weighted by Gasteiger charge is -2.16. The normalized spacial score (nSPS) is 15.3. The fourth-order valence-corrected chi connectivity index (χ4v) is 2.79. The second-order valence-electron chi connectivity index (χ2n) is 5.67. The van der Waals surface area contributed by atoms with Gasteiger partial charge in [-0.2, -0.15) is 0 Å². The van der Waals surface area contributed by atoms with Gasteiger partial charge in [0.15, 0.2) is 0 Å². The molecular formula is C18H22N2O. The van der Waals surface area contributed by atoms with Crippen LogP contribution in [0.3, 0.4) is 0 Å². The van der Waals surface area contributed by atoms with E-state index in [-0.39, 0.29) is 6.04 Å². The van der Waals surface area contributed by atoms with Gasteiger partial charge in [0.25, 0.3) is 0 Å². The van der Waals surface area contributed by atoms with Crippen LogP contribution in [0.25, 0.3) is 0 Å². The summed E-state index contributed by atoms with van der Waals surface area (Å²) in [4.78, 5) is 4.38. The van der Waals surface area contributed by atoms with Crippen LogP contribution >= 0.6 is 0 Å². The highest BCUT2D eigenvalue weighted by Gasteiger charge is 2.10. The van der Waals surface area contributed by atoms with Crippen LogP contribution in [0.1, 0.15) is 49.0 Å². The molecule has 3 heteroatoms. The summed E-state index contributed by atoms with van der Waals surface area (Å²) in [7, 11) is 0. The summed E-state index contributed by atoms with van der Waals surface area (Å²) < 4.78 is 5.91. The van der Waals surface area contributed by atoms with Gasteiger partial charge in [-0.25, -0.2) is 0 Å². The molecule has 1 aliphatic carbocycles. The number of rotatable bonds is 4. The van der Waals surface area contributed by atoms with Crippen LogP contribution < -0.4 is 10.5 Å². The highest BCUT2D eigenvalue weighted by atomic mass is 16.5. The zero-order chi connectivity index (χ0) is 14.7. The number of hydrogen-bond donors (Lipinski definition) is 1. The topological polar surface area (TPSA) is 48.1 Å². The van der Waals surface area contributed by atoms with Crippen LogP contribution in [0.15, 0.2) is 36.5 Å². The summed E-state index contributed by atoms with van der Waals surface area (Å²) in [6.07, 6.45) is 7.58. The maximum Gasteiger partial charge on any atom is 0.145 e. The molecule has 3 nitrogen and oxygen atoms in total. The highest BCUT2D eigenvalue weighted by Crippen LogP contribution is 2.28. The van der Waals surface area contributed by atoms with Crippen molar-refractivity contribution in [3.05, 3.63) is 53.3 Å². The molecule has 0 bridgehead atoms. The van der Waals surface area contributed by atoms with Crippen LogP contribution in [0.2, 0.25) is 0 Å². The van der Waals surface area contributed by atoms with Crippen molar-refractivity contribution in [1.82, 2.24) is 4.98 Å². The first-order chi connectivity index (χ1) is 10.3. The molecule has 0 radical (unpaired) electrons. The molecule has 1 aromatic carbocycles. The lowest BCUT2D eigenvalue weighted by Crippen LogP contribution is -2.10. The van der Waals surface area contributed by atoms with E-state index >= 15 is 0 Å². The molecule has 1 aliphatic rings. The molecule has 0 saturated heterocycles. The lowest BCUT2D eigenvalue weighted by molar-refractivity contribution is 0.477. The van der Waals surface area contributed by atoms with E-state index in [0.717, 1.165) is 30.0 Å². The van der Waals surface area contributed by atoms with E-state index in [0.29, 0.717) is 0 Å². The van der Waals surface area contributed by atoms with E-state index in [1.807, 2.05) is 12.1 Å². The SMILES string of the molecule is CC[C@@H](N)c1ccc(Oc2ccc3c(c2)CCCC3)cn1. The minimum absolute atomic E-state index is 0.00259. The average molecular weight is 282 g/mol. The van der Waals surface area contributed by atoms with Gasteiger partial charge in [-0.3, -0.25) is 4.98 Å². The molecule has 0 saturated carbocycles. The van der Waals surface area contributed by atoms with E-state index in [4.69, 9.17) is 10.5 Å². The summed E-state index contributed by atoms with van der Waals surface area (Å²) >= 11 is 0. The highest BCUT2D eigenvalue weighted by molar-refractivity contribution is 5.39. The molecule has 110 valence electrons. The zero-order valence-corrected chi connectivity index (χ0v) is 12.5. The molecule has 1 aromatic heterocycles. The van der Waals surface area contributed by atoms with Crippen molar-refractivity contribution in [3.63, 3.8) is 0 Å². The summed E-state index contributed by atoms with van der Waals surface area (Å²) in [5, 5.41) is 0. The number of ether oxygens (including phenoxy) is 1. The van der Waals surface area contributed by atoms with Crippen molar-refractivity contribution in [2.75, 3.05) is 0 Å². The van der Waals surface area contributed by atoms with Gasteiger partial charge in [-0.1, -0.05) is 13.0 Å². The zero-order valence-electron chi connectivity index (χ0n) is 12.5. The van der Waals surface area contributed by atoms with Crippen LogP contribution in [-0.2, 0) is 12.8 Å². The Morgan fingerprint density at radius 3 is 2.57 bits per heavy atom. The fourth-order valence-electron chi connectivity index (χ4n) is 2.79. The number of aryl methyl sites for hydroxylation is 2. The van der Waals surface area contributed by atoms with Crippen LogP contribution in [0, 0.1) is 0 Å². The molecule has 21 heavy (non-hydrogen) atoms. The molecule has 1 heterocycles. The Bertz CT molecular complexity index is 607. The smallest absolute Gasteiger partial charge is 0.145 e. The Labute approximate surface area is 126 Å². The number of fused-ring (bicyclic) bond motifs is 1. The van der Waals surface area contributed by atoms with Crippen LogP contribution in [0.5, 0.6) is 11.5 Å².